The molecule has 5 rings (SSSR count). The highest BCUT2D eigenvalue weighted by atomic mass is 35.5. The van der Waals surface area contributed by atoms with Crippen molar-refractivity contribution in [3.8, 4) is 0 Å². The number of nitrogens with one attached hydrogen (secondary N) is 1. The molecule has 3 saturated carbocycles. The molecule has 0 unspecified atom stereocenters. The molecule has 0 aliphatic heterocycles. The lowest BCUT2D eigenvalue weighted by Crippen LogP contribution is -2.42. The van der Waals surface area contributed by atoms with Crippen LogP contribution in [0.1, 0.15) is 147 Å². The van der Waals surface area contributed by atoms with E-state index >= 15 is 0 Å². The highest BCUT2D eigenvalue weighted by molar-refractivity contribution is 5.85. The molecule has 8 nitrogen and oxygen atoms in total. The topological polar surface area (TPSA) is 125 Å². The second-order valence-electron chi connectivity index (χ2n) is 17.3. The molecule has 0 spiro atoms. The average Bonchev–Trinajstić information content (AvgIpc) is 3.18. The van der Waals surface area contributed by atoms with Gasteiger partial charge >= 0.3 is 6.09 Å². The molecule has 0 radical (unpaired) electrons. The van der Waals surface area contributed by atoms with Crippen LogP contribution in [0.3, 0.4) is 0 Å². The molecular weight excluding hydrogens is 710 g/mol. The van der Waals surface area contributed by atoms with Gasteiger partial charge in [0.2, 0.25) is 0 Å². The van der Waals surface area contributed by atoms with Crippen LogP contribution in [-0.4, -0.2) is 64.4 Å². The summed E-state index contributed by atoms with van der Waals surface area (Å²) in [4.78, 5) is 25.9. The third-order valence-electron chi connectivity index (χ3n) is 11.3. The molecule has 2 aromatic rings. The van der Waals surface area contributed by atoms with Crippen molar-refractivity contribution in [2.75, 3.05) is 13.2 Å². The second kappa shape index (κ2) is 28.0. The normalized spacial score (nSPS) is 18.6. The average molecular weight is 787 g/mol. The summed E-state index contributed by atoms with van der Waals surface area (Å²) in [6.45, 7) is 7.29. The molecule has 1 amide bonds. The van der Waals surface area contributed by atoms with E-state index in [2.05, 4.69) is 58.7 Å². The number of rotatable bonds is 15. The predicted octanol–water partition coefficient (Wildman–Crippen LogP) is 9.77. The fraction of sp³-hybridized carbons (Fsp3) is 0.696. The first-order chi connectivity index (χ1) is 26.1. The summed E-state index contributed by atoms with van der Waals surface area (Å²) in [6.07, 6.45) is 23.3. The van der Waals surface area contributed by atoms with E-state index in [1.54, 1.807) is 0 Å². The molecule has 2 aromatic carbocycles. The number of carbonyl (C=O) groups is 2. The second-order valence-corrected chi connectivity index (χ2v) is 17.3. The number of carbonyl (C=O) groups excluding carboxylic acids is 2. The number of aliphatic hydroxyl groups is 2. The predicted molar refractivity (Wildman–Crippen MR) is 228 cm³/mol. The number of nitrogens with two attached hydrogens (primary N) is 1. The number of hydrogen-bond donors (Lipinski definition) is 4. The van der Waals surface area contributed by atoms with Crippen molar-refractivity contribution in [1.29, 1.82) is 0 Å². The summed E-state index contributed by atoms with van der Waals surface area (Å²) < 4.78 is 5.20. The van der Waals surface area contributed by atoms with E-state index in [1.807, 2.05) is 32.9 Å². The highest BCUT2D eigenvalue weighted by Crippen LogP contribution is 2.30. The molecule has 5 N–H and O–H groups in total. The zero-order valence-electron chi connectivity index (χ0n) is 34.4. The lowest BCUT2D eigenvalue weighted by Gasteiger charge is -2.32. The maximum atomic E-state index is 12.0. The van der Waals surface area contributed by atoms with Crippen LogP contribution >= 0.6 is 12.4 Å². The Morgan fingerprint density at radius 1 is 0.727 bits per heavy atom. The quantitative estimate of drug-likeness (QED) is 0.133. The number of amides is 1. The number of alkyl carbamates (subject to hydrolysis) is 1. The van der Waals surface area contributed by atoms with E-state index in [4.69, 9.17) is 15.6 Å². The van der Waals surface area contributed by atoms with E-state index in [0.717, 1.165) is 38.3 Å². The zero-order valence-corrected chi connectivity index (χ0v) is 35.2. The maximum Gasteiger partial charge on any atom is 0.407 e. The molecule has 312 valence electrons. The molecule has 3 aliphatic rings. The van der Waals surface area contributed by atoms with E-state index in [-0.39, 0.29) is 43.7 Å². The van der Waals surface area contributed by atoms with Crippen molar-refractivity contribution in [2.24, 2.45) is 23.5 Å². The zero-order chi connectivity index (χ0) is 39.0. The van der Waals surface area contributed by atoms with Crippen molar-refractivity contribution < 1.29 is 24.5 Å². The fourth-order valence-corrected chi connectivity index (χ4v) is 8.39. The first-order valence-electron chi connectivity index (χ1n) is 21.3. The molecule has 9 heteroatoms. The Morgan fingerprint density at radius 3 is 1.53 bits per heavy atom. The van der Waals surface area contributed by atoms with Crippen molar-refractivity contribution in [3.05, 3.63) is 71.8 Å². The van der Waals surface area contributed by atoms with Crippen LogP contribution in [0.5, 0.6) is 0 Å². The highest BCUT2D eigenvalue weighted by Gasteiger charge is 2.25. The third kappa shape index (κ3) is 21.6. The number of aliphatic hydroxyl groups excluding tert-OH is 2. The Bertz CT molecular complexity index is 1200. The van der Waals surface area contributed by atoms with Crippen molar-refractivity contribution >= 4 is 24.8 Å². The van der Waals surface area contributed by atoms with Crippen molar-refractivity contribution in [3.63, 3.8) is 0 Å². The number of halogens is 1. The Morgan fingerprint density at radius 2 is 1.15 bits per heavy atom. The number of aldehydes is 1. The summed E-state index contributed by atoms with van der Waals surface area (Å²) >= 11 is 0. The van der Waals surface area contributed by atoms with E-state index < -0.39 is 11.7 Å². The van der Waals surface area contributed by atoms with Gasteiger partial charge in [-0.15, -0.1) is 12.4 Å². The lowest BCUT2D eigenvalue weighted by molar-refractivity contribution is -0.113. The van der Waals surface area contributed by atoms with E-state index in [1.165, 1.54) is 114 Å². The molecule has 3 aliphatic carbocycles. The SMILES string of the molecule is CC(C)(C)OC(=O)N[C@H](CO)CC1CCCCC1.Cl.N[C@H](CO)CC1CCCCC1.O=C[C@@H](CC1CCCCC1)N(Cc1ccccc1)Cc1ccccc1. The summed E-state index contributed by atoms with van der Waals surface area (Å²) in [7, 11) is 0. The maximum absolute atomic E-state index is 12.0. The Kier molecular flexibility index (Phi) is 24.8. The van der Waals surface area contributed by atoms with Crippen LogP contribution < -0.4 is 11.1 Å². The van der Waals surface area contributed by atoms with Crippen LogP contribution in [0.15, 0.2) is 60.7 Å². The molecular formula is C46H76ClN3O5. The first-order valence-corrected chi connectivity index (χ1v) is 21.3. The minimum Gasteiger partial charge on any atom is -0.444 e. The van der Waals surface area contributed by atoms with Crippen LogP contribution in [0.25, 0.3) is 0 Å². The van der Waals surface area contributed by atoms with Crippen LogP contribution in [-0.2, 0) is 22.6 Å². The van der Waals surface area contributed by atoms with Gasteiger partial charge in [-0.05, 0) is 68.9 Å². The monoisotopic (exact) mass is 786 g/mol. The van der Waals surface area contributed by atoms with Gasteiger partial charge in [0, 0.05) is 19.1 Å². The number of ether oxygens (including phenoxy) is 1. The van der Waals surface area contributed by atoms with Gasteiger partial charge in [0.25, 0.3) is 0 Å². The summed E-state index contributed by atoms with van der Waals surface area (Å²) in [5.41, 5.74) is 7.71. The van der Waals surface area contributed by atoms with E-state index in [9.17, 15) is 14.7 Å². The molecule has 0 saturated heterocycles. The van der Waals surface area contributed by atoms with Gasteiger partial charge in [-0.1, -0.05) is 157 Å². The molecule has 0 heterocycles. The summed E-state index contributed by atoms with van der Waals surface area (Å²) in [6, 6.07) is 20.9. The molecule has 3 fully saturated rings. The van der Waals surface area contributed by atoms with Crippen molar-refractivity contribution in [2.45, 2.75) is 173 Å². The molecule has 0 aromatic heterocycles. The van der Waals surface area contributed by atoms with E-state index in [0.29, 0.717) is 11.8 Å². The smallest absolute Gasteiger partial charge is 0.407 e. The van der Waals surface area contributed by atoms with Gasteiger partial charge < -0.3 is 30.8 Å². The van der Waals surface area contributed by atoms with Gasteiger partial charge in [0.15, 0.2) is 0 Å². The van der Waals surface area contributed by atoms with Gasteiger partial charge in [-0.2, -0.15) is 0 Å². The van der Waals surface area contributed by atoms with Gasteiger partial charge in [-0.25, -0.2) is 4.79 Å². The van der Waals surface area contributed by atoms with Crippen LogP contribution in [0.4, 0.5) is 4.79 Å². The molecule has 3 atom stereocenters. The Balaban J connectivity index is 0.000000305. The van der Waals surface area contributed by atoms with Crippen LogP contribution in [0, 0.1) is 17.8 Å². The third-order valence-corrected chi connectivity index (χ3v) is 11.3. The number of nitrogens with zero attached hydrogens (tertiary/aromatic N) is 1. The lowest BCUT2D eigenvalue weighted by atomic mass is 9.84. The summed E-state index contributed by atoms with van der Waals surface area (Å²) in [5.74, 6) is 2.13. The number of benzene rings is 2. The minimum absolute atomic E-state index is 0. The Hall–Kier alpha value is -2.49. The molecule has 55 heavy (non-hydrogen) atoms. The largest absolute Gasteiger partial charge is 0.444 e. The van der Waals surface area contributed by atoms with Crippen molar-refractivity contribution in [1.82, 2.24) is 10.2 Å². The standard InChI is InChI=1S/C23H29NO.C14H27NO3.C9H19NO.ClH/c25-19-23(16-20-10-4-1-5-11-20)24(17-21-12-6-2-7-13-21)18-22-14-8-3-9-15-22;1-14(2,3)18-13(17)15-12(10-16)9-11-7-5-4-6-8-11;10-9(7-11)6-8-4-2-1-3-5-8;/h2-3,6-9,12-15,19-20,23H,1,4-5,10-11,16-18H2;11-12,16H,4-10H2,1-3H3,(H,15,17);8-9,11H,1-7,10H2;1H/t23-;12-;9-;/m100./s1. The van der Waals surface area contributed by atoms with Crippen LogP contribution in [0.2, 0.25) is 0 Å². The fourth-order valence-electron chi connectivity index (χ4n) is 8.39. The van der Waals surface area contributed by atoms with Gasteiger partial charge in [-0.3, -0.25) is 4.90 Å². The Labute approximate surface area is 340 Å². The van der Waals surface area contributed by atoms with Gasteiger partial charge in [0.05, 0.1) is 25.3 Å². The summed E-state index contributed by atoms with van der Waals surface area (Å²) in [5, 5.41) is 20.8. The number of hydrogen-bond acceptors (Lipinski definition) is 7. The molecule has 0 bridgehead atoms. The minimum atomic E-state index is -0.491. The van der Waals surface area contributed by atoms with Gasteiger partial charge in [0.1, 0.15) is 11.9 Å². The first kappa shape index (κ1) is 48.7.